The van der Waals surface area contributed by atoms with Crippen LogP contribution in [-0.4, -0.2) is 41.7 Å². The molecule has 0 atom stereocenters. The minimum Gasteiger partial charge on any atom is -0.382 e. The van der Waals surface area contributed by atoms with Gasteiger partial charge in [0.1, 0.15) is 12.7 Å². The number of rotatable bonds is 7. The average Bonchev–Trinajstić information content (AvgIpc) is 2.63. The van der Waals surface area contributed by atoms with Crippen LogP contribution >= 0.6 is 0 Å². The van der Waals surface area contributed by atoms with Crippen LogP contribution in [-0.2, 0) is 16.0 Å². The lowest BCUT2D eigenvalue weighted by Crippen LogP contribution is -2.06. The number of nitrogens with zero attached hydrogens (tertiary/aromatic N) is 3. The Morgan fingerprint density at radius 2 is 2.23 bits per heavy atom. The van der Waals surface area contributed by atoms with Crippen molar-refractivity contribution in [2.45, 2.75) is 13.0 Å². The van der Waals surface area contributed by atoms with Crippen molar-refractivity contribution in [1.82, 2.24) is 14.8 Å². The van der Waals surface area contributed by atoms with Gasteiger partial charge in [0.25, 0.3) is 0 Å². The summed E-state index contributed by atoms with van der Waals surface area (Å²) in [4.78, 5) is 3.84. The van der Waals surface area contributed by atoms with Crippen LogP contribution in [0.25, 0.3) is 0 Å². The topological polar surface area (TPSA) is 49.2 Å². The second-order valence-corrected chi connectivity index (χ2v) is 2.62. The first-order valence-corrected chi connectivity index (χ1v) is 4.32. The zero-order valence-corrected chi connectivity index (χ0v) is 7.85. The third-order valence-electron chi connectivity index (χ3n) is 1.57. The molecule has 0 bridgehead atoms. The Hall–Kier alpha value is -0.940. The van der Waals surface area contributed by atoms with Gasteiger partial charge < -0.3 is 9.47 Å². The maximum atomic E-state index is 5.29. The van der Waals surface area contributed by atoms with E-state index in [9.17, 15) is 0 Å². The van der Waals surface area contributed by atoms with Crippen LogP contribution in [0.2, 0.25) is 0 Å². The number of methoxy groups -OCH3 is 1. The summed E-state index contributed by atoms with van der Waals surface area (Å²) < 4.78 is 11.9. The molecule has 1 aromatic heterocycles. The number of hydrogen-bond acceptors (Lipinski definition) is 4. The van der Waals surface area contributed by atoms with Gasteiger partial charge in [-0.1, -0.05) is 0 Å². The molecular weight excluding hydrogens is 170 g/mol. The maximum Gasteiger partial charge on any atom is 0.137 e. The summed E-state index contributed by atoms with van der Waals surface area (Å²) in [6.45, 7) is 2.91. The number of hydrogen-bond donors (Lipinski definition) is 0. The summed E-state index contributed by atoms with van der Waals surface area (Å²) in [7, 11) is 1.67. The van der Waals surface area contributed by atoms with E-state index in [4.69, 9.17) is 9.47 Å². The minimum atomic E-state index is 0.656. The van der Waals surface area contributed by atoms with E-state index in [2.05, 4.69) is 10.1 Å². The average molecular weight is 185 g/mol. The molecule has 0 aromatic carbocycles. The highest BCUT2D eigenvalue weighted by atomic mass is 16.5. The quantitative estimate of drug-likeness (QED) is 0.574. The Morgan fingerprint density at radius 1 is 1.31 bits per heavy atom. The molecule has 5 heteroatoms. The first kappa shape index (κ1) is 10.1. The standard InChI is InChI=1S/C8H15N3O2/c1-12-5-6-13-4-2-3-11-8-9-7-10-11/h7-8H,2-6H2,1H3. The summed E-state index contributed by atoms with van der Waals surface area (Å²) in [6.07, 6.45) is 4.19. The van der Waals surface area contributed by atoms with Gasteiger partial charge in [-0.2, -0.15) is 5.10 Å². The van der Waals surface area contributed by atoms with Gasteiger partial charge in [0, 0.05) is 20.3 Å². The van der Waals surface area contributed by atoms with E-state index in [1.54, 1.807) is 18.1 Å². The highest BCUT2D eigenvalue weighted by molar-refractivity contribution is 4.55. The van der Waals surface area contributed by atoms with Gasteiger partial charge >= 0.3 is 0 Å². The third kappa shape index (κ3) is 4.59. The molecule has 0 amide bonds. The molecule has 13 heavy (non-hydrogen) atoms. The summed E-state index contributed by atoms with van der Waals surface area (Å²) in [6, 6.07) is 0. The monoisotopic (exact) mass is 185 g/mol. The molecule has 0 radical (unpaired) electrons. The van der Waals surface area contributed by atoms with Gasteiger partial charge in [-0.3, -0.25) is 4.68 Å². The van der Waals surface area contributed by atoms with Crippen molar-refractivity contribution in [3.63, 3.8) is 0 Å². The van der Waals surface area contributed by atoms with E-state index in [1.807, 2.05) is 0 Å². The van der Waals surface area contributed by atoms with Crippen molar-refractivity contribution < 1.29 is 9.47 Å². The summed E-state index contributed by atoms with van der Waals surface area (Å²) in [5, 5.41) is 3.98. The lowest BCUT2D eigenvalue weighted by atomic mass is 10.4. The molecule has 1 heterocycles. The third-order valence-corrected chi connectivity index (χ3v) is 1.57. The molecule has 0 aliphatic heterocycles. The van der Waals surface area contributed by atoms with Crippen LogP contribution in [0.3, 0.4) is 0 Å². The minimum absolute atomic E-state index is 0.656. The fourth-order valence-electron chi connectivity index (χ4n) is 0.921. The van der Waals surface area contributed by atoms with Crippen LogP contribution in [0, 0.1) is 0 Å². The van der Waals surface area contributed by atoms with Crippen molar-refractivity contribution in [2.24, 2.45) is 0 Å². The summed E-state index contributed by atoms with van der Waals surface area (Å²) in [5.74, 6) is 0. The molecule has 0 saturated heterocycles. The molecule has 1 rings (SSSR count). The maximum absolute atomic E-state index is 5.29. The Morgan fingerprint density at radius 3 is 2.92 bits per heavy atom. The fraction of sp³-hybridized carbons (Fsp3) is 0.750. The number of ether oxygens (including phenoxy) is 2. The first-order valence-electron chi connectivity index (χ1n) is 4.32. The zero-order valence-electron chi connectivity index (χ0n) is 7.85. The molecule has 0 saturated carbocycles. The molecule has 0 spiro atoms. The predicted molar refractivity (Wildman–Crippen MR) is 47.3 cm³/mol. The van der Waals surface area contributed by atoms with E-state index in [1.165, 1.54) is 6.33 Å². The van der Waals surface area contributed by atoms with Gasteiger partial charge in [-0.25, -0.2) is 4.98 Å². The van der Waals surface area contributed by atoms with Gasteiger partial charge in [0.2, 0.25) is 0 Å². The number of aryl methyl sites for hydroxylation is 1. The van der Waals surface area contributed by atoms with E-state index in [-0.39, 0.29) is 0 Å². The molecule has 1 aromatic rings. The van der Waals surface area contributed by atoms with Crippen molar-refractivity contribution >= 4 is 0 Å². The smallest absolute Gasteiger partial charge is 0.137 e. The summed E-state index contributed by atoms with van der Waals surface area (Å²) >= 11 is 0. The van der Waals surface area contributed by atoms with Crippen LogP contribution < -0.4 is 0 Å². The SMILES string of the molecule is COCCOCCCn1cncn1. The Bertz CT molecular complexity index is 201. The van der Waals surface area contributed by atoms with E-state index >= 15 is 0 Å². The van der Waals surface area contributed by atoms with Gasteiger partial charge in [-0.05, 0) is 6.42 Å². The van der Waals surface area contributed by atoms with Gasteiger partial charge in [-0.15, -0.1) is 0 Å². The lowest BCUT2D eigenvalue weighted by molar-refractivity contribution is 0.0677. The van der Waals surface area contributed by atoms with Crippen LogP contribution in [0.15, 0.2) is 12.7 Å². The largest absolute Gasteiger partial charge is 0.382 e. The number of aromatic nitrogens is 3. The van der Waals surface area contributed by atoms with Gasteiger partial charge in [0.15, 0.2) is 0 Å². The Labute approximate surface area is 77.7 Å². The molecule has 0 unspecified atom stereocenters. The van der Waals surface area contributed by atoms with Crippen molar-refractivity contribution in [2.75, 3.05) is 26.9 Å². The normalized spacial score (nSPS) is 10.5. The van der Waals surface area contributed by atoms with Crippen molar-refractivity contribution in [3.8, 4) is 0 Å². The highest BCUT2D eigenvalue weighted by Crippen LogP contribution is 1.88. The molecule has 0 aliphatic rings. The lowest BCUT2D eigenvalue weighted by Gasteiger charge is -2.02. The molecule has 74 valence electrons. The predicted octanol–water partition coefficient (Wildman–Crippen LogP) is 0.331. The molecule has 0 aliphatic carbocycles. The molecule has 0 N–H and O–H groups in total. The highest BCUT2D eigenvalue weighted by Gasteiger charge is 1.91. The van der Waals surface area contributed by atoms with Crippen molar-refractivity contribution in [1.29, 1.82) is 0 Å². The summed E-state index contributed by atoms with van der Waals surface area (Å²) in [5.41, 5.74) is 0. The van der Waals surface area contributed by atoms with Crippen molar-refractivity contribution in [3.05, 3.63) is 12.7 Å². The van der Waals surface area contributed by atoms with Crippen LogP contribution in [0.5, 0.6) is 0 Å². The van der Waals surface area contributed by atoms with E-state index < -0.39 is 0 Å². The molecule has 0 fully saturated rings. The molecular formula is C8H15N3O2. The van der Waals surface area contributed by atoms with E-state index in [0.29, 0.717) is 13.2 Å². The second-order valence-electron chi connectivity index (χ2n) is 2.62. The zero-order chi connectivity index (χ0) is 9.36. The van der Waals surface area contributed by atoms with Crippen LogP contribution in [0.1, 0.15) is 6.42 Å². The van der Waals surface area contributed by atoms with Gasteiger partial charge in [0.05, 0.1) is 13.2 Å². The second kappa shape index (κ2) is 6.56. The Balaban J connectivity index is 1.90. The fourth-order valence-corrected chi connectivity index (χ4v) is 0.921. The van der Waals surface area contributed by atoms with E-state index in [0.717, 1.165) is 19.6 Å². The molecule has 5 nitrogen and oxygen atoms in total. The Kier molecular flexibility index (Phi) is 5.12. The van der Waals surface area contributed by atoms with Crippen LogP contribution in [0.4, 0.5) is 0 Å². The first-order chi connectivity index (χ1) is 6.43.